The molecule has 0 spiro atoms. The van der Waals surface area contributed by atoms with Crippen LogP contribution >= 0.6 is 0 Å². The van der Waals surface area contributed by atoms with Crippen molar-refractivity contribution in [2.45, 2.75) is 32.7 Å². The molecule has 0 amide bonds. The van der Waals surface area contributed by atoms with Crippen molar-refractivity contribution in [2.75, 3.05) is 11.9 Å². The van der Waals surface area contributed by atoms with Crippen molar-refractivity contribution in [3.63, 3.8) is 0 Å². The van der Waals surface area contributed by atoms with Crippen LogP contribution in [0.3, 0.4) is 0 Å². The third-order valence-electron chi connectivity index (χ3n) is 2.86. The quantitative estimate of drug-likeness (QED) is 0.828. The van der Waals surface area contributed by atoms with E-state index in [1.54, 1.807) is 13.1 Å². The highest BCUT2D eigenvalue weighted by molar-refractivity contribution is 5.57. The number of hydrogen-bond donors (Lipinski definition) is 2. The third-order valence-corrected chi connectivity index (χ3v) is 2.86. The monoisotopic (exact) mass is 262 g/mol. The number of rotatable bonds is 6. The fourth-order valence-corrected chi connectivity index (χ4v) is 1.80. The summed E-state index contributed by atoms with van der Waals surface area (Å²) in [4.78, 5) is 8.44. The van der Waals surface area contributed by atoms with Crippen LogP contribution in [0.25, 0.3) is 11.5 Å². The van der Waals surface area contributed by atoms with Gasteiger partial charge < -0.3 is 14.9 Å². The van der Waals surface area contributed by atoms with E-state index in [0.29, 0.717) is 18.1 Å². The second-order valence-corrected chi connectivity index (χ2v) is 4.34. The summed E-state index contributed by atoms with van der Waals surface area (Å²) in [6.45, 7) is 4.01. The van der Waals surface area contributed by atoms with E-state index in [1.165, 1.54) is 0 Å². The minimum Gasteiger partial charge on any atom is -0.396 e. The number of nitrogens with zero attached hydrogens (tertiary/aromatic N) is 3. The lowest BCUT2D eigenvalue weighted by Gasteiger charge is -2.16. The zero-order valence-electron chi connectivity index (χ0n) is 11.1. The molecule has 19 heavy (non-hydrogen) atoms. The summed E-state index contributed by atoms with van der Waals surface area (Å²) in [7, 11) is 0. The summed E-state index contributed by atoms with van der Waals surface area (Å²) in [5, 5.41) is 16.0. The van der Waals surface area contributed by atoms with Gasteiger partial charge in [-0.3, -0.25) is 0 Å². The van der Waals surface area contributed by atoms with Crippen molar-refractivity contribution in [3.05, 3.63) is 24.2 Å². The Morgan fingerprint density at radius 3 is 2.95 bits per heavy atom. The molecule has 0 fully saturated rings. The van der Waals surface area contributed by atoms with Gasteiger partial charge in [0.05, 0.1) is 0 Å². The number of aromatic nitrogens is 3. The second-order valence-electron chi connectivity index (χ2n) is 4.34. The van der Waals surface area contributed by atoms with Gasteiger partial charge in [0.1, 0.15) is 5.82 Å². The Bertz CT molecular complexity index is 527. The summed E-state index contributed by atoms with van der Waals surface area (Å²) < 4.78 is 5.13. The van der Waals surface area contributed by atoms with Gasteiger partial charge in [-0.1, -0.05) is 12.1 Å². The molecule has 0 radical (unpaired) electrons. The second kappa shape index (κ2) is 6.29. The molecule has 2 N–H and O–H groups in total. The van der Waals surface area contributed by atoms with Gasteiger partial charge in [0.15, 0.2) is 5.82 Å². The molecule has 0 aliphatic heterocycles. The first-order valence-corrected chi connectivity index (χ1v) is 6.37. The minimum atomic E-state index is 0.161. The van der Waals surface area contributed by atoms with Crippen LogP contribution in [-0.2, 0) is 0 Å². The first kappa shape index (κ1) is 13.5. The first-order chi connectivity index (χ1) is 9.22. The average Bonchev–Trinajstić information content (AvgIpc) is 2.85. The third kappa shape index (κ3) is 3.51. The minimum absolute atomic E-state index is 0.161. The topological polar surface area (TPSA) is 84.1 Å². The van der Waals surface area contributed by atoms with Gasteiger partial charge in [0.2, 0.25) is 0 Å². The van der Waals surface area contributed by atoms with E-state index in [4.69, 9.17) is 9.63 Å². The lowest BCUT2D eigenvalue weighted by atomic mass is 10.1. The van der Waals surface area contributed by atoms with Crippen LogP contribution in [0.1, 0.15) is 25.6 Å². The van der Waals surface area contributed by atoms with E-state index in [0.717, 1.165) is 17.8 Å². The standard InChI is InChI=1S/C13H18N4O2/c1-3-11(5-7-18)16-12-8-10(4-6-14-12)13-15-9(2)17-19-13/h4,6,8,11,18H,3,5,7H2,1-2H3,(H,14,16). The maximum atomic E-state index is 8.99. The Labute approximate surface area is 111 Å². The Hall–Kier alpha value is -1.95. The zero-order valence-corrected chi connectivity index (χ0v) is 11.1. The molecule has 2 aromatic rings. The molecule has 6 nitrogen and oxygen atoms in total. The lowest BCUT2D eigenvalue weighted by molar-refractivity contribution is 0.278. The predicted octanol–water partition coefficient (Wildman–Crippen LogP) is 2.01. The summed E-state index contributed by atoms with van der Waals surface area (Å²) in [5.74, 6) is 1.83. The predicted molar refractivity (Wildman–Crippen MR) is 71.7 cm³/mol. The van der Waals surface area contributed by atoms with Crippen LogP contribution in [0, 0.1) is 6.92 Å². The fourth-order valence-electron chi connectivity index (χ4n) is 1.80. The van der Waals surface area contributed by atoms with Gasteiger partial charge in [0.25, 0.3) is 5.89 Å². The zero-order chi connectivity index (χ0) is 13.7. The number of aliphatic hydroxyl groups is 1. The molecule has 0 aliphatic carbocycles. The molecule has 1 atom stereocenters. The molecule has 6 heteroatoms. The summed E-state index contributed by atoms with van der Waals surface area (Å²) in [5.41, 5.74) is 0.831. The number of aliphatic hydroxyl groups excluding tert-OH is 1. The molecule has 0 aliphatic rings. The van der Waals surface area contributed by atoms with Gasteiger partial charge in [-0.2, -0.15) is 4.98 Å². The molecule has 102 valence electrons. The summed E-state index contributed by atoms with van der Waals surface area (Å²) in [6.07, 6.45) is 3.32. The van der Waals surface area contributed by atoms with Gasteiger partial charge in [-0.05, 0) is 31.9 Å². The van der Waals surface area contributed by atoms with Crippen LogP contribution in [0.4, 0.5) is 5.82 Å². The molecular weight excluding hydrogens is 244 g/mol. The Balaban J connectivity index is 2.15. The maximum Gasteiger partial charge on any atom is 0.258 e. The Morgan fingerprint density at radius 2 is 2.32 bits per heavy atom. The van der Waals surface area contributed by atoms with E-state index in [-0.39, 0.29) is 12.6 Å². The number of hydrogen-bond acceptors (Lipinski definition) is 6. The highest BCUT2D eigenvalue weighted by Gasteiger charge is 2.10. The highest BCUT2D eigenvalue weighted by Crippen LogP contribution is 2.20. The van der Waals surface area contributed by atoms with Crippen LogP contribution in [-0.4, -0.2) is 32.9 Å². The molecular formula is C13H18N4O2. The van der Waals surface area contributed by atoms with E-state index >= 15 is 0 Å². The van der Waals surface area contributed by atoms with Crippen LogP contribution in [0.2, 0.25) is 0 Å². The van der Waals surface area contributed by atoms with Gasteiger partial charge in [0, 0.05) is 24.4 Å². The highest BCUT2D eigenvalue weighted by atomic mass is 16.5. The van der Waals surface area contributed by atoms with E-state index < -0.39 is 0 Å². The van der Waals surface area contributed by atoms with E-state index in [2.05, 4.69) is 27.4 Å². The van der Waals surface area contributed by atoms with Crippen molar-refractivity contribution in [2.24, 2.45) is 0 Å². The van der Waals surface area contributed by atoms with Crippen molar-refractivity contribution in [3.8, 4) is 11.5 Å². The largest absolute Gasteiger partial charge is 0.396 e. The van der Waals surface area contributed by atoms with Crippen LogP contribution in [0.15, 0.2) is 22.9 Å². The molecule has 2 rings (SSSR count). The van der Waals surface area contributed by atoms with E-state index in [9.17, 15) is 0 Å². The van der Waals surface area contributed by atoms with Crippen molar-refractivity contribution >= 4 is 5.82 Å². The Kier molecular flexibility index (Phi) is 4.46. The van der Waals surface area contributed by atoms with E-state index in [1.807, 2.05) is 12.1 Å². The SMILES string of the molecule is CCC(CCO)Nc1cc(-c2nc(C)no2)ccn1. The van der Waals surface area contributed by atoms with Gasteiger partial charge in [-0.15, -0.1) is 0 Å². The van der Waals surface area contributed by atoms with Crippen LogP contribution < -0.4 is 5.32 Å². The molecule has 2 heterocycles. The smallest absolute Gasteiger partial charge is 0.258 e. The molecule has 0 saturated heterocycles. The van der Waals surface area contributed by atoms with Crippen molar-refractivity contribution in [1.82, 2.24) is 15.1 Å². The number of pyridine rings is 1. The molecule has 1 unspecified atom stereocenters. The van der Waals surface area contributed by atoms with Gasteiger partial charge in [-0.25, -0.2) is 4.98 Å². The number of aryl methyl sites for hydroxylation is 1. The van der Waals surface area contributed by atoms with Crippen LogP contribution in [0.5, 0.6) is 0 Å². The van der Waals surface area contributed by atoms with Gasteiger partial charge >= 0.3 is 0 Å². The van der Waals surface area contributed by atoms with Crippen molar-refractivity contribution in [1.29, 1.82) is 0 Å². The summed E-state index contributed by atoms with van der Waals surface area (Å²) >= 11 is 0. The number of anilines is 1. The number of nitrogens with one attached hydrogen (secondary N) is 1. The average molecular weight is 262 g/mol. The van der Waals surface area contributed by atoms with Crippen molar-refractivity contribution < 1.29 is 9.63 Å². The first-order valence-electron chi connectivity index (χ1n) is 6.37. The maximum absolute atomic E-state index is 8.99. The summed E-state index contributed by atoms with van der Waals surface area (Å²) in [6, 6.07) is 3.90. The molecule has 0 aromatic carbocycles. The molecule has 2 aromatic heterocycles. The fraction of sp³-hybridized carbons (Fsp3) is 0.462. The lowest BCUT2D eigenvalue weighted by Crippen LogP contribution is -2.20. The Morgan fingerprint density at radius 1 is 1.47 bits per heavy atom. The molecule has 0 saturated carbocycles. The normalized spacial score (nSPS) is 12.4. The molecule has 0 bridgehead atoms.